The third-order valence-electron chi connectivity index (χ3n) is 4.70. The predicted octanol–water partition coefficient (Wildman–Crippen LogP) is 4.79. The molecule has 0 radical (unpaired) electrons. The lowest BCUT2D eigenvalue weighted by molar-refractivity contribution is -0.140. The van der Waals surface area contributed by atoms with Crippen molar-refractivity contribution in [1.82, 2.24) is 10.2 Å². The van der Waals surface area contributed by atoms with Crippen LogP contribution in [0.5, 0.6) is 0 Å². The van der Waals surface area contributed by atoms with E-state index < -0.39 is 6.04 Å². The number of nitrogens with one attached hydrogen (secondary N) is 1. The molecule has 6 heteroatoms. The fourth-order valence-corrected chi connectivity index (χ4v) is 3.59. The highest BCUT2D eigenvalue weighted by Crippen LogP contribution is 2.24. The topological polar surface area (TPSA) is 49.4 Å². The number of halogens is 2. The number of benzene rings is 2. The predicted molar refractivity (Wildman–Crippen MR) is 115 cm³/mol. The van der Waals surface area contributed by atoms with Crippen LogP contribution in [0.25, 0.3) is 0 Å². The van der Waals surface area contributed by atoms with Crippen molar-refractivity contribution in [2.75, 3.05) is 6.54 Å². The van der Waals surface area contributed by atoms with Crippen LogP contribution in [0.2, 0.25) is 10.0 Å². The first-order valence-corrected chi connectivity index (χ1v) is 10.2. The molecule has 0 heterocycles. The molecule has 2 aromatic carbocycles. The standard InChI is InChI=1S/C22H26Cl2N2O2/c1-4-20(22(28)25-5-2)26(14-17-10-11-18(23)13-19(17)24)21(27)12-16-9-7-6-8-15(16)3/h6-11,13,20H,4-5,12,14H2,1-3H3,(H,25,28)/t20-/m1/s1. The molecule has 0 unspecified atom stereocenters. The van der Waals surface area contributed by atoms with Crippen LogP contribution in [0.1, 0.15) is 37.0 Å². The van der Waals surface area contributed by atoms with Crippen molar-refractivity contribution in [1.29, 1.82) is 0 Å². The second kappa shape index (κ2) is 10.5. The van der Waals surface area contributed by atoms with Gasteiger partial charge in [-0.1, -0.05) is 60.5 Å². The molecule has 0 aliphatic heterocycles. The summed E-state index contributed by atoms with van der Waals surface area (Å²) in [4.78, 5) is 27.5. The lowest BCUT2D eigenvalue weighted by Crippen LogP contribution is -2.49. The Morgan fingerprint density at radius 1 is 1.07 bits per heavy atom. The summed E-state index contributed by atoms with van der Waals surface area (Å²) in [7, 11) is 0. The molecular weight excluding hydrogens is 395 g/mol. The number of rotatable bonds is 8. The van der Waals surface area contributed by atoms with Gasteiger partial charge in [-0.15, -0.1) is 0 Å². The van der Waals surface area contributed by atoms with Gasteiger partial charge in [0.2, 0.25) is 11.8 Å². The Balaban J connectivity index is 2.35. The van der Waals surface area contributed by atoms with Gasteiger partial charge < -0.3 is 10.2 Å². The number of likely N-dealkylation sites (N-methyl/N-ethyl adjacent to an activating group) is 1. The molecule has 0 aromatic heterocycles. The molecule has 0 saturated heterocycles. The van der Waals surface area contributed by atoms with Crippen LogP contribution in [0.4, 0.5) is 0 Å². The van der Waals surface area contributed by atoms with Crippen LogP contribution in [-0.2, 0) is 22.6 Å². The Kier molecular flexibility index (Phi) is 8.34. The maximum Gasteiger partial charge on any atom is 0.242 e. The number of carbonyl (C=O) groups excluding carboxylic acids is 2. The van der Waals surface area contributed by atoms with Crippen molar-refractivity contribution in [2.24, 2.45) is 0 Å². The molecule has 0 bridgehead atoms. The van der Waals surface area contributed by atoms with Crippen LogP contribution in [0.15, 0.2) is 42.5 Å². The highest BCUT2D eigenvalue weighted by atomic mass is 35.5. The van der Waals surface area contributed by atoms with Gasteiger partial charge >= 0.3 is 0 Å². The maximum absolute atomic E-state index is 13.2. The second-order valence-electron chi connectivity index (χ2n) is 6.68. The molecule has 0 aliphatic carbocycles. The lowest BCUT2D eigenvalue weighted by Gasteiger charge is -2.31. The summed E-state index contributed by atoms with van der Waals surface area (Å²) in [6, 6.07) is 12.4. The smallest absolute Gasteiger partial charge is 0.242 e. The van der Waals surface area contributed by atoms with Gasteiger partial charge in [0.1, 0.15) is 6.04 Å². The minimum atomic E-state index is -0.566. The van der Waals surface area contributed by atoms with E-state index in [-0.39, 0.29) is 24.8 Å². The minimum Gasteiger partial charge on any atom is -0.355 e. The summed E-state index contributed by atoms with van der Waals surface area (Å²) in [6.45, 7) is 6.49. The summed E-state index contributed by atoms with van der Waals surface area (Å²) in [5.41, 5.74) is 2.75. The SMILES string of the molecule is CCNC(=O)[C@@H](CC)N(Cc1ccc(Cl)cc1Cl)C(=O)Cc1ccccc1C. The number of nitrogens with zero attached hydrogens (tertiary/aromatic N) is 1. The van der Waals surface area contributed by atoms with Gasteiger partial charge in [-0.05, 0) is 49.1 Å². The summed E-state index contributed by atoms with van der Waals surface area (Å²) in [5, 5.41) is 3.84. The van der Waals surface area contributed by atoms with E-state index in [1.807, 2.05) is 45.0 Å². The van der Waals surface area contributed by atoms with Crippen LogP contribution < -0.4 is 5.32 Å². The van der Waals surface area contributed by atoms with Crippen molar-refractivity contribution in [3.63, 3.8) is 0 Å². The van der Waals surface area contributed by atoms with Crippen molar-refractivity contribution < 1.29 is 9.59 Å². The first-order chi connectivity index (χ1) is 13.4. The van der Waals surface area contributed by atoms with Crippen molar-refractivity contribution >= 4 is 35.0 Å². The largest absolute Gasteiger partial charge is 0.355 e. The van der Waals surface area contributed by atoms with Gasteiger partial charge in [0.25, 0.3) is 0 Å². The number of aryl methyl sites for hydroxylation is 1. The van der Waals surface area contributed by atoms with E-state index in [1.54, 1.807) is 23.1 Å². The molecule has 0 spiro atoms. The monoisotopic (exact) mass is 420 g/mol. The fourth-order valence-electron chi connectivity index (χ4n) is 3.12. The van der Waals surface area contributed by atoms with E-state index in [0.717, 1.165) is 16.7 Å². The van der Waals surface area contributed by atoms with Crippen molar-refractivity contribution in [3.05, 3.63) is 69.2 Å². The van der Waals surface area contributed by atoms with Crippen molar-refractivity contribution in [3.8, 4) is 0 Å². The van der Waals surface area contributed by atoms with Gasteiger partial charge in [0, 0.05) is 23.1 Å². The maximum atomic E-state index is 13.2. The molecule has 2 aromatic rings. The van der Waals surface area contributed by atoms with E-state index in [9.17, 15) is 9.59 Å². The molecule has 28 heavy (non-hydrogen) atoms. The second-order valence-corrected chi connectivity index (χ2v) is 7.52. The number of hydrogen-bond acceptors (Lipinski definition) is 2. The van der Waals surface area contributed by atoms with Gasteiger partial charge in [0.05, 0.1) is 6.42 Å². The highest BCUT2D eigenvalue weighted by molar-refractivity contribution is 6.35. The first-order valence-electron chi connectivity index (χ1n) is 9.42. The lowest BCUT2D eigenvalue weighted by atomic mass is 10.0. The molecular formula is C22H26Cl2N2O2. The zero-order chi connectivity index (χ0) is 20.7. The van der Waals surface area contributed by atoms with E-state index in [0.29, 0.717) is 23.0 Å². The van der Waals surface area contributed by atoms with E-state index in [2.05, 4.69) is 5.32 Å². The summed E-state index contributed by atoms with van der Waals surface area (Å²) < 4.78 is 0. The number of carbonyl (C=O) groups is 2. The van der Waals surface area contributed by atoms with Gasteiger partial charge in [-0.3, -0.25) is 9.59 Å². The molecule has 0 fully saturated rings. The third-order valence-corrected chi connectivity index (χ3v) is 5.28. The Labute approximate surface area is 176 Å². The van der Waals surface area contributed by atoms with E-state index >= 15 is 0 Å². The quantitative estimate of drug-likeness (QED) is 0.667. The first kappa shape index (κ1) is 22.3. The van der Waals surface area contributed by atoms with Gasteiger partial charge in [-0.25, -0.2) is 0 Å². The third kappa shape index (κ3) is 5.73. The zero-order valence-corrected chi connectivity index (χ0v) is 18.0. The van der Waals surface area contributed by atoms with Gasteiger partial charge in [0.15, 0.2) is 0 Å². The molecule has 0 aliphatic rings. The minimum absolute atomic E-state index is 0.113. The Hall–Kier alpha value is -2.04. The fraction of sp³-hybridized carbons (Fsp3) is 0.364. The molecule has 4 nitrogen and oxygen atoms in total. The van der Waals surface area contributed by atoms with Gasteiger partial charge in [-0.2, -0.15) is 0 Å². The van der Waals surface area contributed by atoms with Crippen LogP contribution in [0.3, 0.4) is 0 Å². The summed E-state index contributed by atoms with van der Waals surface area (Å²) in [6.07, 6.45) is 0.740. The van der Waals surface area contributed by atoms with E-state index in [4.69, 9.17) is 23.2 Å². The molecule has 2 amide bonds. The van der Waals surface area contributed by atoms with Crippen molar-refractivity contribution in [2.45, 2.75) is 46.2 Å². The summed E-state index contributed by atoms with van der Waals surface area (Å²) >= 11 is 12.3. The normalized spacial score (nSPS) is 11.8. The van der Waals surface area contributed by atoms with Crippen LogP contribution in [-0.4, -0.2) is 29.3 Å². The summed E-state index contributed by atoms with van der Waals surface area (Å²) in [5.74, 6) is -0.272. The number of amides is 2. The van der Waals surface area contributed by atoms with E-state index in [1.165, 1.54) is 0 Å². The highest BCUT2D eigenvalue weighted by Gasteiger charge is 2.29. The average Bonchev–Trinajstić information content (AvgIpc) is 2.65. The Morgan fingerprint density at radius 3 is 2.39 bits per heavy atom. The number of hydrogen-bond donors (Lipinski definition) is 1. The van der Waals surface area contributed by atoms with Crippen LogP contribution in [0, 0.1) is 6.92 Å². The molecule has 1 atom stereocenters. The molecule has 2 rings (SSSR count). The zero-order valence-electron chi connectivity index (χ0n) is 16.5. The molecule has 1 N–H and O–H groups in total. The molecule has 0 saturated carbocycles. The average molecular weight is 421 g/mol. The Morgan fingerprint density at radius 2 is 1.79 bits per heavy atom. The Bertz CT molecular complexity index is 839. The molecule has 150 valence electrons. The van der Waals surface area contributed by atoms with Crippen LogP contribution >= 0.6 is 23.2 Å².